The van der Waals surface area contributed by atoms with Crippen LogP contribution in [0.25, 0.3) is 0 Å². The molecule has 122 valence electrons. The fourth-order valence-corrected chi connectivity index (χ4v) is 4.07. The topological polar surface area (TPSA) is 41.5 Å². The summed E-state index contributed by atoms with van der Waals surface area (Å²) >= 11 is 0. The highest BCUT2D eigenvalue weighted by atomic mass is 16.5. The number of phenolic OH excluding ortho intramolecular Hbond substituents is 1. The Balaban J connectivity index is 1.45. The summed E-state index contributed by atoms with van der Waals surface area (Å²) in [5.41, 5.74) is 1.50. The van der Waals surface area contributed by atoms with Gasteiger partial charge in [-0.3, -0.25) is 0 Å². The van der Waals surface area contributed by atoms with Crippen LogP contribution in [-0.2, 0) is 11.2 Å². The van der Waals surface area contributed by atoms with Gasteiger partial charge in [0.2, 0.25) is 0 Å². The molecule has 22 heavy (non-hydrogen) atoms. The number of phenols is 1. The molecule has 0 aromatic heterocycles. The average Bonchev–Trinajstić information content (AvgIpc) is 2.94. The highest BCUT2D eigenvalue weighted by Crippen LogP contribution is 2.40. The van der Waals surface area contributed by atoms with Crippen molar-refractivity contribution in [2.24, 2.45) is 0 Å². The van der Waals surface area contributed by atoms with Crippen LogP contribution in [0, 0.1) is 0 Å². The zero-order chi connectivity index (χ0) is 15.4. The number of hydrogen-bond donors (Lipinski definition) is 2. The first-order chi connectivity index (χ1) is 10.7. The lowest BCUT2D eigenvalue weighted by atomic mass is 9.88. The lowest BCUT2D eigenvalue weighted by Crippen LogP contribution is -2.48. The Morgan fingerprint density at radius 3 is 2.73 bits per heavy atom. The SMILES string of the molecule is C[C@H](CCc1ccc(O)cc1)N[C@H]1CCOC2(CCCC2)C1. The molecule has 0 unspecified atom stereocenters. The molecule has 2 aliphatic rings. The molecule has 0 bridgehead atoms. The number of rotatable bonds is 5. The van der Waals surface area contributed by atoms with E-state index in [4.69, 9.17) is 4.74 Å². The van der Waals surface area contributed by atoms with E-state index in [9.17, 15) is 5.11 Å². The van der Waals surface area contributed by atoms with E-state index in [2.05, 4.69) is 12.2 Å². The minimum Gasteiger partial charge on any atom is -0.508 e. The van der Waals surface area contributed by atoms with E-state index >= 15 is 0 Å². The van der Waals surface area contributed by atoms with Crippen LogP contribution in [0.4, 0.5) is 0 Å². The highest BCUT2D eigenvalue weighted by molar-refractivity contribution is 5.25. The fourth-order valence-electron chi connectivity index (χ4n) is 4.07. The predicted octanol–water partition coefficient (Wildman–Crippen LogP) is 3.79. The molecular weight excluding hydrogens is 274 g/mol. The number of aryl methyl sites for hydroxylation is 1. The molecule has 3 heteroatoms. The molecule has 0 amide bonds. The van der Waals surface area contributed by atoms with Crippen LogP contribution in [0.1, 0.15) is 57.4 Å². The number of nitrogens with one attached hydrogen (secondary N) is 1. The Labute approximate surface area is 134 Å². The van der Waals surface area contributed by atoms with Crippen LogP contribution in [0.3, 0.4) is 0 Å². The van der Waals surface area contributed by atoms with E-state index in [1.807, 2.05) is 12.1 Å². The zero-order valence-electron chi connectivity index (χ0n) is 13.7. The molecule has 1 heterocycles. The summed E-state index contributed by atoms with van der Waals surface area (Å²) in [4.78, 5) is 0. The third-order valence-corrected chi connectivity index (χ3v) is 5.33. The van der Waals surface area contributed by atoms with Crippen molar-refractivity contribution < 1.29 is 9.84 Å². The van der Waals surface area contributed by atoms with E-state index in [-0.39, 0.29) is 5.60 Å². The first kappa shape index (κ1) is 15.8. The van der Waals surface area contributed by atoms with E-state index in [0.717, 1.165) is 25.9 Å². The van der Waals surface area contributed by atoms with Gasteiger partial charge in [0.15, 0.2) is 0 Å². The molecule has 2 N–H and O–H groups in total. The average molecular weight is 303 g/mol. The largest absolute Gasteiger partial charge is 0.508 e. The Morgan fingerprint density at radius 2 is 2.00 bits per heavy atom. The smallest absolute Gasteiger partial charge is 0.115 e. The minimum absolute atomic E-state index is 0.201. The van der Waals surface area contributed by atoms with Crippen molar-refractivity contribution in [2.45, 2.75) is 76.0 Å². The van der Waals surface area contributed by atoms with Gasteiger partial charge in [0.1, 0.15) is 5.75 Å². The Morgan fingerprint density at radius 1 is 1.27 bits per heavy atom. The summed E-state index contributed by atoms with van der Waals surface area (Å²) in [5, 5.41) is 13.1. The second kappa shape index (κ2) is 7.01. The summed E-state index contributed by atoms with van der Waals surface area (Å²) in [6.45, 7) is 3.21. The van der Waals surface area contributed by atoms with Crippen molar-refractivity contribution in [3.63, 3.8) is 0 Å². The summed E-state index contributed by atoms with van der Waals surface area (Å²) < 4.78 is 6.12. The molecule has 1 aliphatic carbocycles. The maximum atomic E-state index is 9.33. The normalized spacial score (nSPS) is 25.4. The van der Waals surface area contributed by atoms with Gasteiger partial charge in [-0.2, -0.15) is 0 Å². The van der Waals surface area contributed by atoms with Gasteiger partial charge < -0.3 is 15.2 Å². The highest BCUT2D eigenvalue weighted by Gasteiger charge is 2.39. The van der Waals surface area contributed by atoms with Gasteiger partial charge in [0.25, 0.3) is 0 Å². The minimum atomic E-state index is 0.201. The van der Waals surface area contributed by atoms with Crippen LogP contribution in [-0.4, -0.2) is 29.4 Å². The van der Waals surface area contributed by atoms with Crippen LogP contribution < -0.4 is 5.32 Å². The number of benzene rings is 1. The van der Waals surface area contributed by atoms with E-state index in [0.29, 0.717) is 17.8 Å². The van der Waals surface area contributed by atoms with Gasteiger partial charge in [-0.25, -0.2) is 0 Å². The Bertz CT molecular complexity index is 465. The Hall–Kier alpha value is -1.06. The van der Waals surface area contributed by atoms with Gasteiger partial charge in [-0.15, -0.1) is 0 Å². The number of aromatic hydroxyl groups is 1. The molecule has 1 aliphatic heterocycles. The monoisotopic (exact) mass is 303 g/mol. The van der Waals surface area contributed by atoms with Crippen molar-refractivity contribution in [1.29, 1.82) is 0 Å². The van der Waals surface area contributed by atoms with Crippen molar-refractivity contribution in [1.82, 2.24) is 5.32 Å². The molecule has 1 aromatic rings. The second-order valence-electron chi connectivity index (χ2n) is 7.20. The number of ether oxygens (including phenoxy) is 1. The lowest BCUT2D eigenvalue weighted by molar-refractivity contribution is -0.0846. The van der Waals surface area contributed by atoms with Gasteiger partial charge in [-0.1, -0.05) is 25.0 Å². The molecule has 2 fully saturated rings. The molecular formula is C19H29NO2. The fraction of sp³-hybridized carbons (Fsp3) is 0.684. The predicted molar refractivity (Wildman–Crippen MR) is 89.2 cm³/mol. The van der Waals surface area contributed by atoms with Gasteiger partial charge in [0.05, 0.1) is 5.60 Å². The first-order valence-corrected chi connectivity index (χ1v) is 8.83. The van der Waals surface area contributed by atoms with E-state index in [1.165, 1.54) is 37.7 Å². The summed E-state index contributed by atoms with van der Waals surface area (Å²) in [5.74, 6) is 0.346. The van der Waals surface area contributed by atoms with Crippen LogP contribution >= 0.6 is 0 Å². The van der Waals surface area contributed by atoms with Crippen molar-refractivity contribution in [3.05, 3.63) is 29.8 Å². The van der Waals surface area contributed by atoms with Crippen LogP contribution in [0.5, 0.6) is 5.75 Å². The molecule has 2 atom stereocenters. The molecule has 1 spiro atoms. The van der Waals surface area contributed by atoms with Gasteiger partial charge in [-0.05, 0) is 63.1 Å². The van der Waals surface area contributed by atoms with Crippen molar-refractivity contribution >= 4 is 0 Å². The zero-order valence-corrected chi connectivity index (χ0v) is 13.7. The summed E-state index contributed by atoms with van der Waals surface area (Å²) in [6.07, 6.45) is 9.71. The third kappa shape index (κ3) is 4.02. The molecule has 1 saturated carbocycles. The second-order valence-corrected chi connectivity index (χ2v) is 7.20. The van der Waals surface area contributed by atoms with E-state index < -0.39 is 0 Å². The third-order valence-electron chi connectivity index (χ3n) is 5.33. The molecule has 3 nitrogen and oxygen atoms in total. The molecule has 1 saturated heterocycles. The van der Waals surface area contributed by atoms with Crippen LogP contribution in [0.2, 0.25) is 0 Å². The standard InChI is InChI=1S/C19H29NO2/c1-15(4-5-16-6-8-18(21)9-7-16)20-17-10-13-22-19(14-17)11-2-3-12-19/h6-9,15,17,20-21H,2-5,10-14H2,1H3/t15-,17+/m1/s1. The summed E-state index contributed by atoms with van der Waals surface area (Å²) in [6, 6.07) is 8.72. The maximum Gasteiger partial charge on any atom is 0.115 e. The summed E-state index contributed by atoms with van der Waals surface area (Å²) in [7, 11) is 0. The lowest BCUT2D eigenvalue weighted by Gasteiger charge is -2.39. The maximum absolute atomic E-state index is 9.33. The molecule has 1 aromatic carbocycles. The van der Waals surface area contributed by atoms with E-state index in [1.54, 1.807) is 12.1 Å². The number of hydrogen-bond acceptors (Lipinski definition) is 3. The molecule has 0 radical (unpaired) electrons. The quantitative estimate of drug-likeness (QED) is 0.869. The van der Waals surface area contributed by atoms with Gasteiger partial charge >= 0.3 is 0 Å². The van der Waals surface area contributed by atoms with Crippen molar-refractivity contribution in [3.8, 4) is 5.75 Å². The van der Waals surface area contributed by atoms with Crippen molar-refractivity contribution in [2.75, 3.05) is 6.61 Å². The first-order valence-electron chi connectivity index (χ1n) is 8.83. The Kier molecular flexibility index (Phi) is 5.04. The van der Waals surface area contributed by atoms with Crippen LogP contribution in [0.15, 0.2) is 24.3 Å². The van der Waals surface area contributed by atoms with Gasteiger partial charge in [0, 0.05) is 18.7 Å². The molecule has 3 rings (SSSR count).